The number of nitrogens with zero attached hydrogens (tertiary/aromatic N) is 3. The lowest BCUT2D eigenvalue weighted by Crippen LogP contribution is -2.55. The molecule has 1 fully saturated rings. The normalized spacial score (nSPS) is 16.0. The Hall–Kier alpha value is -4.27. The average molecular weight is 487 g/mol. The number of aromatic amines is 1. The van der Waals surface area contributed by atoms with Gasteiger partial charge >= 0.3 is 0 Å². The lowest BCUT2D eigenvalue weighted by molar-refractivity contribution is -0.126. The van der Waals surface area contributed by atoms with E-state index in [-0.39, 0.29) is 24.0 Å². The highest BCUT2D eigenvalue weighted by Gasteiger charge is 2.35. The van der Waals surface area contributed by atoms with Crippen LogP contribution in [0.4, 0.5) is 15.8 Å². The van der Waals surface area contributed by atoms with Crippen LogP contribution in [0.15, 0.2) is 58.3 Å². The summed E-state index contributed by atoms with van der Waals surface area (Å²) >= 11 is 0. The number of fused-ring (bicyclic) bond motifs is 2. The molecule has 182 valence electrons. The van der Waals surface area contributed by atoms with Gasteiger partial charge in [-0.3, -0.25) is 19.2 Å². The Labute approximate surface area is 205 Å². The van der Waals surface area contributed by atoms with Crippen molar-refractivity contribution in [2.45, 2.75) is 13.0 Å². The Kier molecular flexibility index (Phi) is 5.21. The molecule has 1 N–H and O–H groups in total. The Balaban J connectivity index is 1.17. The minimum absolute atomic E-state index is 0.00525. The molecule has 0 aliphatic carbocycles. The Morgan fingerprint density at radius 3 is 2.25 bits per heavy atom. The fourth-order valence-corrected chi connectivity index (χ4v) is 5.35. The summed E-state index contributed by atoms with van der Waals surface area (Å²) in [6, 6.07) is 12.5. The second kappa shape index (κ2) is 8.44. The van der Waals surface area contributed by atoms with Gasteiger partial charge in [-0.25, -0.2) is 4.39 Å². The molecular weight excluding hydrogens is 463 g/mol. The van der Waals surface area contributed by atoms with Gasteiger partial charge in [0.25, 0.3) is 22.5 Å². The van der Waals surface area contributed by atoms with Crippen molar-refractivity contribution >= 4 is 34.0 Å². The molecule has 0 atom stereocenters. The van der Waals surface area contributed by atoms with Crippen molar-refractivity contribution < 1.29 is 14.0 Å². The molecule has 3 heterocycles. The highest BCUT2D eigenvalue weighted by atomic mass is 19.1. The lowest BCUT2D eigenvalue weighted by atomic mass is 9.98. The van der Waals surface area contributed by atoms with Crippen molar-refractivity contribution in [3.05, 3.63) is 91.6 Å². The van der Waals surface area contributed by atoms with Crippen LogP contribution in [-0.2, 0) is 17.8 Å². The summed E-state index contributed by atoms with van der Waals surface area (Å²) < 4.78 is 14.3. The van der Waals surface area contributed by atoms with Gasteiger partial charge in [0.2, 0.25) is 0 Å². The van der Waals surface area contributed by atoms with Gasteiger partial charge in [-0.2, -0.15) is 0 Å². The van der Waals surface area contributed by atoms with Crippen molar-refractivity contribution in [1.29, 1.82) is 0 Å². The minimum atomic E-state index is -0.776. The zero-order valence-corrected chi connectivity index (χ0v) is 19.4. The quantitative estimate of drug-likeness (QED) is 0.350. The molecule has 4 aromatic rings. The standard InChI is InChI=1S/C27H23FN4O4/c28-19-6-3-7-20-21(19)18(14-29-20)24(33)27(36)31-12-10-30(11-13-31)22-23(26(35)25(22)34)32-9-8-16-4-1-2-5-17(16)15-32/h1-7,14,29H,8-13,15H2. The zero-order valence-electron chi connectivity index (χ0n) is 19.4. The highest BCUT2D eigenvalue weighted by Crippen LogP contribution is 2.30. The molecule has 0 unspecified atom stereocenters. The molecule has 0 bridgehead atoms. The Bertz CT molecular complexity index is 1590. The first-order valence-electron chi connectivity index (χ1n) is 11.9. The number of carbonyl (C=O) groups excluding carboxylic acids is 2. The first-order valence-corrected chi connectivity index (χ1v) is 11.9. The molecule has 1 aromatic heterocycles. The average Bonchev–Trinajstić information content (AvgIpc) is 3.36. The van der Waals surface area contributed by atoms with Gasteiger partial charge in [0, 0.05) is 56.4 Å². The predicted octanol–water partition coefficient (Wildman–Crippen LogP) is 2.00. The lowest BCUT2D eigenvalue weighted by Gasteiger charge is -2.39. The van der Waals surface area contributed by atoms with Crippen LogP contribution in [0.1, 0.15) is 21.5 Å². The molecule has 0 spiro atoms. The molecule has 1 amide bonds. The number of amides is 1. The van der Waals surface area contributed by atoms with Gasteiger partial charge < -0.3 is 19.7 Å². The molecule has 36 heavy (non-hydrogen) atoms. The van der Waals surface area contributed by atoms with E-state index in [1.54, 1.807) is 6.07 Å². The highest BCUT2D eigenvalue weighted by molar-refractivity contribution is 6.44. The van der Waals surface area contributed by atoms with E-state index in [0.29, 0.717) is 43.1 Å². The van der Waals surface area contributed by atoms with Gasteiger partial charge in [-0.1, -0.05) is 30.3 Å². The third-order valence-electron chi connectivity index (χ3n) is 7.28. The van der Waals surface area contributed by atoms with Crippen molar-refractivity contribution in [2.75, 3.05) is 42.5 Å². The number of nitrogens with one attached hydrogen (secondary N) is 1. The van der Waals surface area contributed by atoms with Crippen LogP contribution in [0.5, 0.6) is 0 Å². The van der Waals surface area contributed by atoms with Gasteiger partial charge in [-0.05, 0) is 29.7 Å². The van der Waals surface area contributed by atoms with Crippen LogP contribution in [0, 0.1) is 5.82 Å². The molecule has 2 aliphatic rings. The number of aromatic nitrogens is 1. The molecule has 8 nitrogen and oxygen atoms in total. The topological polar surface area (TPSA) is 93.8 Å². The number of hydrogen-bond acceptors (Lipinski definition) is 6. The minimum Gasteiger partial charge on any atom is -0.363 e. The number of benzene rings is 2. The number of anilines is 2. The smallest absolute Gasteiger partial charge is 0.295 e. The predicted molar refractivity (Wildman–Crippen MR) is 134 cm³/mol. The van der Waals surface area contributed by atoms with Crippen molar-refractivity contribution in [2.24, 2.45) is 0 Å². The molecule has 3 aromatic carbocycles. The van der Waals surface area contributed by atoms with Gasteiger partial charge in [0.05, 0.1) is 5.56 Å². The fourth-order valence-electron chi connectivity index (χ4n) is 5.35. The number of ketones is 1. The zero-order chi connectivity index (χ0) is 25.0. The van der Waals surface area contributed by atoms with E-state index < -0.39 is 28.4 Å². The largest absolute Gasteiger partial charge is 0.363 e. The molecular formula is C27H23FN4O4. The first-order chi connectivity index (χ1) is 17.4. The van der Waals surface area contributed by atoms with Gasteiger partial charge in [-0.15, -0.1) is 0 Å². The number of halogens is 1. The molecule has 2 aliphatic heterocycles. The third-order valence-corrected chi connectivity index (χ3v) is 7.28. The maximum atomic E-state index is 14.3. The molecule has 0 radical (unpaired) electrons. The van der Waals surface area contributed by atoms with E-state index in [2.05, 4.69) is 11.1 Å². The summed E-state index contributed by atoms with van der Waals surface area (Å²) in [7, 11) is 0. The molecule has 9 heteroatoms. The summed E-state index contributed by atoms with van der Waals surface area (Å²) in [4.78, 5) is 59.0. The number of rotatable bonds is 4. The van der Waals surface area contributed by atoms with Gasteiger partial charge in [0.1, 0.15) is 17.2 Å². The molecule has 6 rings (SSSR count). The number of hydrogen-bond donors (Lipinski definition) is 1. The van der Waals surface area contributed by atoms with E-state index in [1.165, 1.54) is 28.8 Å². The number of Topliss-reactive ketones (excluding diaryl/α,β-unsaturated/α-hetero) is 1. The number of H-pyrrole nitrogens is 1. The van der Waals surface area contributed by atoms with E-state index in [9.17, 15) is 23.6 Å². The van der Waals surface area contributed by atoms with E-state index in [0.717, 1.165) is 12.0 Å². The van der Waals surface area contributed by atoms with Crippen LogP contribution < -0.4 is 20.7 Å². The van der Waals surface area contributed by atoms with Crippen molar-refractivity contribution in [1.82, 2.24) is 9.88 Å². The summed E-state index contributed by atoms with van der Waals surface area (Å²) in [6.45, 7) is 2.31. The first kappa shape index (κ1) is 22.2. The van der Waals surface area contributed by atoms with Crippen LogP contribution in [0.3, 0.4) is 0 Å². The van der Waals surface area contributed by atoms with Gasteiger partial charge in [0.15, 0.2) is 0 Å². The van der Waals surface area contributed by atoms with Crippen molar-refractivity contribution in [3.8, 4) is 0 Å². The van der Waals surface area contributed by atoms with E-state index in [4.69, 9.17) is 0 Å². The number of carbonyl (C=O) groups is 2. The Morgan fingerprint density at radius 1 is 0.806 bits per heavy atom. The second-order valence-corrected chi connectivity index (χ2v) is 9.27. The summed E-state index contributed by atoms with van der Waals surface area (Å²) in [5.41, 5.74) is 2.71. The maximum absolute atomic E-state index is 14.3. The third kappa shape index (κ3) is 3.42. The monoisotopic (exact) mass is 486 g/mol. The maximum Gasteiger partial charge on any atom is 0.295 e. The van der Waals surface area contributed by atoms with E-state index in [1.807, 2.05) is 28.0 Å². The van der Waals surface area contributed by atoms with Crippen LogP contribution in [-0.4, -0.2) is 54.3 Å². The number of piperazine rings is 1. The summed E-state index contributed by atoms with van der Waals surface area (Å²) in [5.74, 6) is -2.05. The van der Waals surface area contributed by atoms with Crippen LogP contribution in [0.2, 0.25) is 0 Å². The van der Waals surface area contributed by atoms with E-state index >= 15 is 0 Å². The molecule has 1 saturated heterocycles. The van der Waals surface area contributed by atoms with Crippen molar-refractivity contribution in [3.63, 3.8) is 0 Å². The van der Waals surface area contributed by atoms with Crippen LogP contribution in [0.25, 0.3) is 10.9 Å². The fraction of sp³-hybridized carbons (Fsp3) is 0.259. The SMILES string of the molecule is O=C(C(=O)N1CCN(c2c(N3CCc4ccccc4C3)c(=O)c2=O)CC1)c1c[nH]c2cccc(F)c12. The Morgan fingerprint density at radius 2 is 1.50 bits per heavy atom. The summed E-state index contributed by atoms with van der Waals surface area (Å²) in [6.07, 6.45) is 2.16. The second-order valence-electron chi connectivity index (χ2n) is 9.27. The van der Waals surface area contributed by atoms with Crippen LogP contribution >= 0.6 is 0 Å². The molecule has 0 saturated carbocycles. The summed E-state index contributed by atoms with van der Waals surface area (Å²) in [5, 5.41) is 0.103.